The van der Waals surface area contributed by atoms with Gasteiger partial charge in [0.2, 0.25) is 6.08 Å². The Morgan fingerprint density at radius 1 is 0.667 bits per heavy atom. The first-order valence-electron chi connectivity index (χ1n) is 8.16. The molecule has 6 heteroatoms. The number of isocyanates is 1. The van der Waals surface area contributed by atoms with E-state index >= 15 is 0 Å². The minimum absolute atomic E-state index is 0.643. The molecule has 124 valence electrons. The standard InChI is InChI=1S/C15H28Cl3NOSi/c16-21(17,18)14-12-10-8-6-4-2-1-3-5-7-9-11-13-19-15-20/h1-14H2. The summed E-state index contributed by atoms with van der Waals surface area (Å²) in [6.07, 6.45) is 16.5. The molecule has 0 atom stereocenters. The molecule has 0 heterocycles. The van der Waals surface area contributed by atoms with Gasteiger partial charge in [-0.1, -0.05) is 70.6 Å². The highest BCUT2D eigenvalue weighted by Crippen LogP contribution is 2.27. The van der Waals surface area contributed by atoms with E-state index in [9.17, 15) is 4.79 Å². The molecular weight excluding hydrogens is 345 g/mol. The van der Waals surface area contributed by atoms with E-state index in [0.717, 1.165) is 18.9 Å². The zero-order valence-electron chi connectivity index (χ0n) is 12.9. The highest BCUT2D eigenvalue weighted by atomic mass is 35.8. The highest BCUT2D eigenvalue weighted by molar-refractivity contribution is 7.64. The van der Waals surface area contributed by atoms with Gasteiger partial charge in [-0.2, -0.15) is 0 Å². The van der Waals surface area contributed by atoms with E-state index in [2.05, 4.69) is 4.99 Å². The van der Waals surface area contributed by atoms with Crippen molar-refractivity contribution >= 4 is 45.3 Å². The second-order valence-electron chi connectivity index (χ2n) is 5.58. The summed E-state index contributed by atoms with van der Waals surface area (Å²) in [5.41, 5.74) is 0. The quantitative estimate of drug-likeness (QED) is 0.104. The van der Waals surface area contributed by atoms with E-state index in [-0.39, 0.29) is 0 Å². The van der Waals surface area contributed by atoms with Crippen LogP contribution < -0.4 is 0 Å². The summed E-state index contributed by atoms with van der Waals surface area (Å²) in [6.45, 7) is 0.643. The number of rotatable bonds is 15. The molecule has 0 fully saturated rings. The first-order valence-corrected chi connectivity index (χ1v) is 13.4. The van der Waals surface area contributed by atoms with Crippen molar-refractivity contribution in [3.63, 3.8) is 0 Å². The first-order chi connectivity index (χ1) is 10.1. The number of unbranched alkanes of at least 4 members (excludes halogenated alkanes) is 11. The van der Waals surface area contributed by atoms with Gasteiger partial charge in [-0.15, -0.1) is 33.2 Å². The molecule has 0 aliphatic heterocycles. The number of halogens is 3. The molecule has 0 rings (SSSR count). The van der Waals surface area contributed by atoms with Crippen molar-refractivity contribution in [1.29, 1.82) is 0 Å². The molecule has 0 saturated heterocycles. The van der Waals surface area contributed by atoms with E-state index < -0.39 is 6.00 Å². The Morgan fingerprint density at radius 2 is 1.05 bits per heavy atom. The average molecular weight is 373 g/mol. The fourth-order valence-corrected chi connectivity index (χ4v) is 4.18. The van der Waals surface area contributed by atoms with Gasteiger partial charge in [-0.05, 0) is 12.5 Å². The van der Waals surface area contributed by atoms with Crippen LogP contribution in [-0.4, -0.2) is 18.6 Å². The fourth-order valence-electron chi connectivity index (χ4n) is 2.33. The molecule has 21 heavy (non-hydrogen) atoms. The van der Waals surface area contributed by atoms with Gasteiger partial charge in [0.15, 0.2) is 0 Å². The molecule has 0 aromatic rings. The van der Waals surface area contributed by atoms with Crippen molar-refractivity contribution in [1.82, 2.24) is 0 Å². The van der Waals surface area contributed by atoms with Crippen LogP contribution in [0.1, 0.15) is 77.0 Å². The van der Waals surface area contributed by atoms with Crippen molar-refractivity contribution in [2.24, 2.45) is 4.99 Å². The van der Waals surface area contributed by atoms with Crippen LogP contribution in [0.15, 0.2) is 4.99 Å². The van der Waals surface area contributed by atoms with Gasteiger partial charge in [0, 0.05) is 0 Å². The van der Waals surface area contributed by atoms with Crippen LogP contribution in [0.3, 0.4) is 0 Å². The van der Waals surface area contributed by atoms with Gasteiger partial charge in [0.1, 0.15) is 0 Å². The van der Waals surface area contributed by atoms with Crippen molar-refractivity contribution in [2.75, 3.05) is 6.54 Å². The lowest BCUT2D eigenvalue weighted by Crippen LogP contribution is -2.07. The Hall–Kier alpha value is 0.467. The van der Waals surface area contributed by atoms with E-state index in [0.29, 0.717) is 6.54 Å². The fraction of sp³-hybridized carbons (Fsp3) is 0.933. The van der Waals surface area contributed by atoms with E-state index in [1.807, 2.05) is 0 Å². The second kappa shape index (κ2) is 15.4. The van der Waals surface area contributed by atoms with Gasteiger partial charge >= 0.3 is 6.00 Å². The van der Waals surface area contributed by atoms with E-state index in [1.165, 1.54) is 64.2 Å². The molecule has 0 amide bonds. The SMILES string of the molecule is O=C=NCCCCCCCCCCCCCC[Si](Cl)(Cl)Cl. The predicted octanol–water partition coefficient (Wildman–Crippen LogP) is 6.66. The molecule has 0 radical (unpaired) electrons. The van der Waals surface area contributed by atoms with Crippen molar-refractivity contribution in [2.45, 2.75) is 83.1 Å². The third-order valence-corrected chi connectivity index (χ3v) is 6.17. The normalized spacial score (nSPS) is 11.4. The van der Waals surface area contributed by atoms with Crippen LogP contribution in [-0.2, 0) is 4.79 Å². The zero-order valence-corrected chi connectivity index (χ0v) is 16.2. The average Bonchev–Trinajstić information content (AvgIpc) is 2.42. The largest absolute Gasteiger partial charge is 0.341 e. The lowest BCUT2D eigenvalue weighted by atomic mass is 10.1. The molecule has 2 nitrogen and oxygen atoms in total. The Kier molecular flexibility index (Phi) is 15.7. The number of aliphatic imine (C=N–C) groups is 1. The molecule has 0 saturated carbocycles. The van der Waals surface area contributed by atoms with Crippen LogP contribution in [0, 0.1) is 0 Å². The Morgan fingerprint density at radius 3 is 1.43 bits per heavy atom. The van der Waals surface area contributed by atoms with E-state index in [1.54, 1.807) is 6.08 Å². The van der Waals surface area contributed by atoms with Gasteiger partial charge in [0.05, 0.1) is 6.54 Å². The minimum Gasteiger partial charge on any atom is -0.211 e. The summed E-state index contributed by atoms with van der Waals surface area (Å²) in [6, 6.07) is -1.57. The molecule has 0 aliphatic carbocycles. The summed E-state index contributed by atoms with van der Waals surface area (Å²) in [4.78, 5) is 13.4. The second-order valence-corrected chi connectivity index (χ2v) is 14.9. The molecule has 0 bridgehead atoms. The topological polar surface area (TPSA) is 29.4 Å². The molecule has 0 spiro atoms. The summed E-state index contributed by atoms with van der Waals surface area (Å²) >= 11 is 17.5. The van der Waals surface area contributed by atoms with Crippen LogP contribution in [0.5, 0.6) is 0 Å². The summed E-state index contributed by atoms with van der Waals surface area (Å²) < 4.78 is 0. The minimum atomic E-state index is -2.37. The number of carbonyl (C=O) groups excluding carboxylic acids is 1. The van der Waals surface area contributed by atoms with Crippen LogP contribution in [0.2, 0.25) is 6.04 Å². The molecule has 0 N–H and O–H groups in total. The van der Waals surface area contributed by atoms with Gasteiger partial charge in [-0.3, -0.25) is 0 Å². The molecule has 0 unspecified atom stereocenters. The van der Waals surface area contributed by atoms with E-state index in [4.69, 9.17) is 33.2 Å². The van der Waals surface area contributed by atoms with Crippen molar-refractivity contribution in [3.05, 3.63) is 0 Å². The van der Waals surface area contributed by atoms with Crippen LogP contribution in [0.25, 0.3) is 0 Å². The van der Waals surface area contributed by atoms with Gasteiger partial charge in [0.25, 0.3) is 0 Å². The first kappa shape index (κ1) is 21.5. The number of hydrogen-bond donors (Lipinski definition) is 0. The maximum absolute atomic E-state index is 9.86. The van der Waals surface area contributed by atoms with Crippen LogP contribution in [0.4, 0.5) is 0 Å². The maximum Gasteiger partial charge on any atom is 0.341 e. The van der Waals surface area contributed by atoms with Gasteiger partial charge < -0.3 is 0 Å². The lowest BCUT2D eigenvalue weighted by Gasteiger charge is -2.06. The van der Waals surface area contributed by atoms with Crippen molar-refractivity contribution < 1.29 is 4.79 Å². The highest BCUT2D eigenvalue weighted by Gasteiger charge is 2.23. The zero-order chi connectivity index (χ0) is 15.8. The Bertz CT molecular complexity index is 279. The molecule has 0 aromatic carbocycles. The Balaban J connectivity index is 3.04. The van der Waals surface area contributed by atoms with Crippen LogP contribution >= 0.6 is 33.2 Å². The summed E-state index contributed by atoms with van der Waals surface area (Å²) in [7, 11) is 0. The monoisotopic (exact) mass is 371 g/mol. The van der Waals surface area contributed by atoms with Crippen molar-refractivity contribution in [3.8, 4) is 0 Å². The molecular formula is C15H28Cl3NOSi. The summed E-state index contributed by atoms with van der Waals surface area (Å²) in [5.74, 6) is 0. The van der Waals surface area contributed by atoms with Gasteiger partial charge in [-0.25, -0.2) is 9.79 Å². The third-order valence-electron chi connectivity index (χ3n) is 3.54. The molecule has 0 aliphatic rings. The number of nitrogens with zero attached hydrogens (tertiary/aromatic N) is 1. The smallest absolute Gasteiger partial charge is 0.211 e. The third kappa shape index (κ3) is 20.5. The lowest BCUT2D eigenvalue weighted by molar-refractivity contribution is 0.543. The molecule has 0 aromatic heterocycles. The Labute approximate surface area is 144 Å². The predicted molar refractivity (Wildman–Crippen MR) is 96.5 cm³/mol. The summed E-state index contributed by atoms with van der Waals surface area (Å²) in [5, 5.41) is 0. The maximum atomic E-state index is 9.86. The number of hydrogen-bond acceptors (Lipinski definition) is 2.